The maximum atomic E-state index is 12.3. The van der Waals surface area contributed by atoms with E-state index < -0.39 is 12.0 Å². The molecule has 1 fully saturated rings. The quantitative estimate of drug-likeness (QED) is 0.857. The van der Waals surface area contributed by atoms with Crippen LogP contribution in [0, 0.1) is 13.8 Å². The van der Waals surface area contributed by atoms with Crippen LogP contribution in [0.1, 0.15) is 17.5 Å². The summed E-state index contributed by atoms with van der Waals surface area (Å²) in [5, 5.41) is 12.4. The van der Waals surface area contributed by atoms with Crippen LogP contribution in [0.3, 0.4) is 0 Å². The number of likely N-dealkylation sites (N-methyl/N-ethyl adjacent to an activating group) is 1. The summed E-state index contributed by atoms with van der Waals surface area (Å²) >= 11 is 0. The van der Waals surface area contributed by atoms with Crippen LogP contribution in [0.5, 0.6) is 0 Å². The molecule has 1 aliphatic heterocycles. The second-order valence-electron chi connectivity index (χ2n) is 6.21. The van der Waals surface area contributed by atoms with Crippen molar-refractivity contribution in [3.05, 3.63) is 29.3 Å². The SMILES string of the molecule is Cc1cccc(C)c1NC(=O)C[C@@H](C(=O)O)N1CCN(C)CC1. The van der Waals surface area contributed by atoms with Gasteiger partial charge in [0, 0.05) is 31.9 Å². The average molecular weight is 319 g/mol. The fraction of sp³-hybridized carbons (Fsp3) is 0.529. The summed E-state index contributed by atoms with van der Waals surface area (Å²) in [6, 6.07) is 5.02. The molecule has 1 aromatic rings. The van der Waals surface area contributed by atoms with Crippen LogP contribution in [0.2, 0.25) is 0 Å². The summed E-state index contributed by atoms with van der Waals surface area (Å²) in [6.07, 6.45) is -0.0349. The fourth-order valence-corrected chi connectivity index (χ4v) is 2.88. The summed E-state index contributed by atoms with van der Waals surface area (Å²) in [5.41, 5.74) is 2.73. The Morgan fingerprint density at radius 3 is 2.26 bits per heavy atom. The van der Waals surface area contributed by atoms with E-state index in [0.717, 1.165) is 29.9 Å². The highest BCUT2D eigenvalue weighted by Crippen LogP contribution is 2.20. The molecular weight excluding hydrogens is 294 g/mol. The molecule has 6 nitrogen and oxygen atoms in total. The minimum absolute atomic E-state index is 0.0349. The number of nitrogens with one attached hydrogen (secondary N) is 1. The predicted molar refractivity (Wildman–Crippen MR) is 89.7 cm³/mol. The van der Waals surface area contributed by atoms with E-state index in [-0.39, 0.29) is 12.3 Å². The van der Waals surface area contributed by atoms with E-state index in [2.05, 4.69) is 10.2 Å². The third-order valence-electron chi connectivity index (χ3n) is 4.39. The van der Waals surface area contributed by atoms with Crippen molar-refractivity contribution in [2.24, 2.45) is 0 Å². The van der Waals surface area contributed by atoms with Gasteiger partial charge in [0.05, 0.1) is 6.42 Å². The van der Waals surface area contributed by atoms with Crippen molar-refractivity contribution in [1.29, 1.82) is 0 Å². The summed E-state index contributed by atoms with van der Waals surface area (Å²) in [5.74, 6) is -1.19. The second kappa shape index (κ2) is 7.57. The van der Waals surface area contributed by atoms with E-state index in [1.165, 1.54) is 0 Å². The average Bonchev–Trinajstić information content (AvgIpc) is 2.49. The fourth-order valence-electron chi connectivity index (χ4n) is 2.88. The van der Waals surface area contributed by atoms with Crippen LogP contribution < -0.4 is 5.32 Å². The van der Waals surface area contributed by atoms with E-state index in [1.54, 1.807) is 0 Å². The maximum Gasteiger partial charge on any atom is 0.321 e. The number of carbonyl (C=O) groups is 2. The number of benzene rings is 1. The lowest BCUT2D eigenvalue weighted by molar-refractivity contribution is -0.145. The zero-order valence-corrected chi connectivity index (χ0v) is 14.0. The molecule has 0 saturated carbocycles. The van der Waals surface area contributed by atoms with E-state index in [1.807, 2.05) is 44.0 Å². The van der Waals surface area contributed by atoms with Gasteiger partial charge in [0.1, 0.15) is 6.04 Å². The lowest BCUT2D eigenvalue weighted by atomic mass is 10.1. The Bertz CT molecular complexity index is 560. The van der Waals surface area contributed by atoms with Crippen molar-refractivity contribution in [3.63, 3.8) is 0 Å². The van der Waals surface area contributed by atoms with Crippen LogP contribution >= 0.6 is 0 Å². The zero-order chi connectivity index (χ0) is 17.0. The van der Waals surface area contributed by atoms with E-state index in [9.17, 15) is 14.7 Å². The third-order valence-corrected chi connectivity index (χ3v) is 4.39. The molecule has 0 aromatic heterocycles. The second-order valence-corrected chi connectivity index (χ2v) is 6.21. The molecular formula is C17H25N3O3. The van der Waals surface area contributed by atoms with Crippen molar-refractivity contribution in [1.82, 2.24) is 9.80 Å². The first-order valence-corrected chi connectivity index (χ1v) is 7.90. The van der Waals surface area contributed by atoms with Gasteiger partial charge >= 0.3 is 5.97 Å². The molecule has 23 heavy (non-hydrogen) atoms. The van der Waals surface area contributed by atoms with Gasteiger partial charge in [0.25, 0.3) is 0 Å². The third kappa shape index (κ3) is 4.53. The molecule has 0 bridgehead atoms. The highest BCUT2D eigenvalue weighted by molar-refractivity contribution is 5.95. The van der Waals surface area contributed by atoms with Crippen LogP contribution in [0.15, 0.2) is 18.2 Å². The van der Waals surface area contributed by atoms with Gasteiger partial charge in [-0.3, -0.25) is 14.5 Å². The molecule has 2 rings (SSSR count). The Balaban J connectivity index is 2.02. The molecule has 2 N–H and O–H groups in total. The number of aryl methyl sites for hydroxylation is 2. The van der Waals surface area contributed by atoms with Crippen LogP contribution in [0.25, 0.3) is 0 Å². The zero-order valence-electron chi connectivity index (χ0n) is 14.0. The number of hydrogen-bond donors (Lipinski definition) is 2. The number of carboxylic acid groups (broad SMARTS) is 1. The Kier molecular flexibility index (Phi) is 5.74. The molecule has 6 heteroatoms. The smallest absolute Gasteiger partial charge is 0.321 e. The highest BCUT2D eigenvalue weighted by Gasteiger charge is 2.30. The maximum absolute atomic E-state index is 12.3. The number of para-hydroxylation sites is 1. The molecule has 1 atom stereocenters. The van der Waals surface area contributed by atoms with Gasteiger partial charge in [-0.2, -0.15) is 0 Å². The van der Waals surface area contributed by atoms with Crippen molar-refractivity contribution in [2.45, 2.75) is 26.3 Å². The number of carbonyl (C=O) groups excluding carboxylic acids is 1. The van der Waals surface area contributed by atoms with Gasteiger partial charge in [-0.25, -0.2) is 0 Å². The number of amides is 1. The highest BCUT2D eigenvalue weighted by atomic mass is 16.4. The van der Waals surface area contributed by atoms with Crippen LogP contribution in [-0.2, 0) is 9.59 Å². The van der Waals surface area contributed by atoms with Crippen LogP contribution in [-0.4, -0.2) is 66.1 Å². The molecule has 1 amide bonds. The number of nitrogens with zero attached hydrogens (tertiary/aromatic N) is 2. The Morgan fingerprint density at radius 2 is 1.74 bits per heavy atom. The van der Waals surface area contributed by atoms with Crippen molar-refractivity contribution in [3.8, 4) is 0 Å². The standard InChI is InChI=1S/C17H25N3O3/c1-12-5-4-6-13(2)16(12)18-15(21)11-14(17(22)23)20-9-7-19(3)8-10-20/h4-6,14H,7-11H2,1-3H3,(H,18,21)(H,22,23)/t14-/m0/s1. The lowest BCUT2D eigenvalue weighted by Gasteiger charge is -2.35. The van der Waals surface area contributed by atoms with Gasteiger partial charge in [0.15, 0.2) is 0 Å². The van der Waals surface area contributed by atoms with Crippen molar-refractivity contribution >= 4 is 17.6 Å². The number of carboxylic acids is 1. The van der Waals surface area contributed by atoms with Crippen molar-refractivity contribution < 1.29 is 14.7 Å². The number of rotatable bonds is 5. The van der Waals surface area contributed by atoms with Gasteiger partial charge in [0.2, 0.25) is 5.91 Å². The van der Waals surface area contributed by atoms with Crippen molar-refractivity contribution in [2.75, 3.05) is 38.5 Å². The van der Waals surface area contributed by atoms with Gasteiger partial charge in [-0.15, -0.1) is 0 Å². The van der Waals surface area contributed by atoms with Gasteiger partial charge in [-0.1, -0.05) is 18.2 Å². The first-order chi connectivity index (χ1) is 10.9. The van der Waals surface area contributed by atoms with E-state index >= 15 is 0 Å². The van der Waals surface area contributed by atoms with E-state index in [4.69, 9.17) is 0 Å². The molecule has 0 radical (unpaired) electrons. The largest absolute Gasteiger partial charge is 0.480 e. The molecule has 1 heterocycles. The predicted octanol–water partition coefficient (Wildman–Crippen LogP) is 1.33. The number of aliphatic carboxylic acids is 1. The minimum atomic E-state index is -0.939. The molecule has 0 unspecified atom stereocenters. The monoisotopic (exact) mass is 319 g/mol. The van der Waals surface area contributed by atoms with Gasteiger partial charge < -0.3 is 15.3 Å². The number of anilines is 1. The summed E-state index contributed by atoms with van der Waals surface area (Å²) in [7, 11) is 2.01. The first-order valence-electron chi connectivity index (χ1n) is 7.90. The summed E-state index contributed by atoms with van der Waals surface area (Å²) in [6.45, 7) is 6.84. The number of piperazine rings is 1. The van der Waals surface area contributed by atoms with Gasteiger partial charge in [-0.05, 0) is 32.0 Å². The summed E-state index contributed by atoms with van der Waals surface area (Å²) in [4.78, 5) is 27.9. The van der Waals surface area contributed by atoms with E-state index in [0.29, 0.717) is 13.1 Å². The molecule has 1 aromatic carbocycles. The summed E-state index contributed by atoms with van der Waals surface area (Å²) < 4.78 is 0. The normalized spacial score (nSPS) is 17.7. The van der Waals surface area contributed by atoms with Crippen LogP contribution in [0.4, 0.5) is 5.69 Å². The molecule has 1 saturated heterocycles. The molecule has 0 aliphatic carbocycles. The Labute approximate surface area is 137 Å². The minimum Gasteiger partial charge on any atom is -0.480 e. The Morgan fingerprint density at radius 1 is 1.17 bits per heavy atom. The molecule has 126 valence electrons. The number of hydrogen-bond acceptors (Lipinski definition) is 4. The molecule has 1 aliphatic rings. The first kappa shape index (κ1) is 17.4. The topological polar surface area (TPSA) is 72.9 Å². The Hall–Kier alpha value is -1.92. The molecule has 0 spiro atoms. The lowest BCUT2D eigenvalue weighted by Crippen LogP contribution is -2.52.